The summed E-state index contributed by atoms with van der Waals surface area (Å²) in [5.74, 6) is 1.01. The molecule has 0 bridgehead atoms. The van der Waals surface area contributed by atoms with Crippen molar-refractivity contribution in [2.45, 2.75) is 6.61 Å². The minimum absolute atomic E-state index is 0.228. The summed E-state index contributed by atoms with van der Waals surface area (Å²) in [6.07, 6.45) is 3.08. The maximum atomic E-state index is 11.8. The molecule has 2 aromatic carbocycles. The highest BCUT2D eigenvalue weighted by Crippen LogP contribution is 2.32. The molecule has 3 rings (SSSR count). The average Bonchev–Trinajstić information content (AvgIpc) is 2.99. The van der Waals surface area contributed by atoms with Gasteiger partial charge in [-0.25, -0.2) is 4.79 Å². The first-order valence-corrected chi connectivity index (χ1v) is 7.49. The van der Waals surface area contributed by atoms with Gasteiger partial charge in [-0.2, -0.15) is 0 Å². The SMILES string of the molecule is O=C(/C=C/c1ccc2c(c1)OCO2)OCc1ccccc1Br. The van der Waals surface area contributed by atoms with Crippen LogP contribution in [0.3, 0.4) is 0 Å². The first kappa shape index (κ1) is 14.7. The fourth-order valence-corrected chi connectivity index (χ4v) is 2.39. The second-order valence-electron chi connectivity index (χ2n) is 4.65. The number of rotatable bonds is 4. The predicted molar refractivity (Wildman–Crippen MR) is 85.5 cm³/mol. The van der Waals surface area contributed by atoms with Crippen molar-refractivity contribution in [3.05, 3.63) is 64.1 Å². The van der Waals surface area contributed by atoms with Crippen molar-refractivity contribution in [1.82, 2.24) is 0 Å². The third-order valence-electron chi connectivity index (χ3n) is 3.14. The molecule has 0 N–H and O–H groups in total. The van der Waals surface area contributed by atoms with Crippen LogP contribution in [-0.2, 0) is 16.1 Å². The lowest BCUT2D eigenvalue weighted by atomic mass is 10.2. The topological polar surface area (TPSA) is 44.8 Å². The molecule has 112 valence electrons. The highest BCUT2D eigenvalue weighted by atomic mass is 79.9. The molecular formula is C17H13BrO4. The summed E-state index contributed by atoms with van der Waals surface area (Å²) in [7, 11) is 0. The Labute approximate surface area is 136 Å². The van der Waals surface area contributed by atoms with Gasteiger partial charge in [0.1, 0.15) is 6.61 Å². The number of hydrogen-bond donors (Lipinski definition) is 0. The lowest BCUT2D eigenvalue weighted by Crippen LogP contribution is -2.01. The molecule has 5 heteroatoms. The van der Waals surface area contributed by atoms with Gasteiger partial charge >= 0.3 is 5.97 Å². The maximum Gasteiger partial charge on any atom is 0.331 e. The van der Waals surface area contributed by atoms with Crippen LogP contribution in [-0.4, -0.2) is 12.8 Å². The van der Waals surface area contributed by atoms with E-state index in [1.54, 1.807) is 6.08 Å². The quantitative estimate of drug-likeness (QED) is 0.611. The smallest absolute Gasteiger partial charge is 0.331 e. The second-order valence-corrected chi connectivity index (χ2v) is 5.50. The summed E-state index contributed by atoms with van der Waals surface area (Å²) < 4.78 is 16.7. The van der Waals surface area contributed by atoms with E-state index in [0.29, 0.717) is 11.5 Å². The van der Waals surface area contributed by atoms with Crippen LogP contribution in [0.4, 0.5) is 0 Å². The van der Waals surface area contributed by atoms with Crippen LogP contribution >= 0.6 is 15.9 Å². The summed E-state index contributed by atoms with van der Waals surface area (Å²) in [6, 6.07) is 13.1. The van der Waals surface area contributed by atoms with Gasteiger partial charge in [0, 0.05) is 16.1 Å². The molecule has 1 heterocycles. The largest absolute Gasteiger partial charge is 0.458 e. The van der Waals surface area contributed by atoms with Crippen LogP contribution in [0, 0.1) is 0 Å². The molecule has 4 nitrogen and oxygen atoms in total. The molecule has 0 atom stereocenters. The second kappa shape index (κ2) is 6.66. The molecule has 0 unspecified atom stereocenters. The van der Waals surface area contributed by atoms with Crippen molar-refractivity contribution < 1.29 is 19.0 Å². The van der Waals surface area contributed by atoms with Crippen LogP contribution < -0.4 is 9.47 Å². The zero-order valence-corrected chi connectivity index (χ0v) is 13.2. The number of ether oxygens (including phenoxy) is 3. The lowest BCUT2D eigenvalue weighted by molar-refractivity contribution is -0.138. The molecule has 1 aliphatic heterocycles. The molecule has 0 fully saturated rings. The van der Waals surface area contributed by atoms with Gasteiger partial charge in [-0.1, -0.05) is 40.2 Å². The van der Waals surface area contributed by atoms with E-state index in [4.69, 9.17) is 14.2 Å². The molecule has 0 radical (unpaired) electrons. The monoisotopic (exact) mass is 360 g/mol. The van der Waals surface area contributed by atoms with Crippen LogP contribution in [0.25, 0.3) is 6.08 Å². The zero-order chi connectivity index (χ0) is 15.4. The van der Waals surface area contributed by atoms with Crippen LogP contribution in [0.15, 0.2) is 53.0 Å². The van der Waals surface area contributed by atoms with Crippen molar-refractivity contribution >= 4 is 28.0 Å². The van der Waals surface area contributed by atoms with E-state index in [1.165, 1.54) is 6.08 Å². The van der Waals surface area contributed by atoms with E-state index in [2.05, 4.69) is 15.9 Å². The fraction of sp³-hybridized carbons (Fsp3) is 0.118. The number of halogens is 1. The standard InChI is InChI=1S/C17H13BrO4/c18-14-4-2-1-3-13(14)10-20-17(19)8-6-12-5-7-15-16(9-12)22-11-21-15/h1-9H,10-11H2/b8-6+. The summed E-state index contributed by atoms with van der Waals surface area (Å²) >= 11 is 3.42. The molecule has 0 aromatic heterocycles. The molecular weight excluding hydrogens is 348 g/mol. The van der Waals surface area contributed by atoms with E-state index < -0.39 is 5.97 Å². The minimum atomic E-state index is -0.395. The Kier molecular flexibility index (Phi) is 4.44. The Hall–Kier alpha value is -2.27. The van der Waals surface area contributed by atoms with Crippen molar-refractivity contribution in [2.24, 2.45) is 0 Å². The molecule has 0 amide bonds. The third-order valence-corrected chi connectivity index (χ3v) is 3.91. The lowest BCUT2D eigenvalue weighted by Gasteiger charge is -2.04. The molecule has 0 aliphatic carbocycles. The average molecular weight is 361 g/mol. The van der Waals surface area contributed by atoms with Gasteiger partial charge in [0.15, 0.2) is 11.5 Å². The minimum Gasteiger partial charge on any atom is -0.458 e. The number of esters is 1. The number of carbonyl (C=O) groups is 1. The Morgan fingerprint density at radius 1 is 1.18 bits per heavy atom. The number of carbonyl (C=O) groups excluding carboxylic acids is 1. The van der Waals surface area contributed by atoms with Crippen molar-refractivity contribution in [3.8, 4) is 11.5 Å². The van der Waals surface area contributed by atoms with Gasteiger partial charge in [-0.3, -0.25) is 0 Å². The van der Waals surface area contributed by atoms with Crippen LogP contribution in [0.5, 0.6) is 11.5 Å². The highest BCUT2D eigenvalue weighted by Gasteiger charge is 2.12. The van der Waals surface area contributed by atoms with E-state index in [0.717, 1.165) is 15.6 Å². The van der Waals surface area contributed by atoms with E-state index >= 15 is 0 Å². The molecule has 2 aromatic rings. The van der Waals surface area contributed by atoms with E-state index in [-0.39, 0.29) is 13.4 Å². The Morgan fingerprint density at radius 3 is 2.86 bits per heavy atom. The Bertz CT molecular complexity index is 724. The zero-order valence-electron chi connectivity index (χ0n) is 11.6. The number of fused-ring (bicyclic) bond motifs is 1. The van der Waals surface area contributed by atoms with Crippen molar-refractivity contribution in [2.75, 3.05) is 6.79 Å². The Morgan fingerprint density at radius 2 is 2.00 bits per heavy atom. The van der Waals surface area contributed by atoms with Gasteiger partial charge in [0.25, 0.3) is 0 Å². The molecule has 0 saturated carbocycles. The van der Waals surface area contributed by atoms with Crippen molar-refractivity contribution in [3.63, 3.8) is 0 Å². The first-order chi connectivity index (χ1) is 10.7. The van der Waals surface area contributed by atoms with Gasteiger partial charge in [-0.15, -0.1) is 0 Å². The maximum absolute atomic E-state index is 11.8. The van der Waals surface area contributed by atoms with Crippen molar-refractivity contribution in [1.29, 1.82) is 0 Å². The van der Waals surface area contributed by atoms with Crippen LogP contribution in [0.2, 0.25) is 0 Å². The fourth-order valence-electron chi connectivity index (χ4n) is 1.99. The van der Waals surface area contributed by atoms with E-state index in [9.17, 15) is 4.79 Å². The molecule has 0 spiro atoms. The normalized spacial score (nSPS) is 12.6. The summed E-state index contributed by atoms with van der Waals surface area (Å²) in [6.45, 7) is 0.461. The Balaban J connectivity index is 1.58. The van der Waals surface area contributed by atoms with E-state index in [1.807, 2.05) is 42.5 Å². The third kappa shape index (κ3) is 3.49. The molecule has 0 saturated heterocycles. The summed E-state index contributed by atoms with van der Waals surface area (Å²) in [5.41, 5.74) is 1.77. The van der Waals surface area contributed by atoms with Crippen LogP contribution in [0.1, 0.15) is 11.1 Å². The van der Waals surface area contributed by atoms with Gasteiger partial charge < -0.3 is 14.2 Å². The predicted octanol–water partition coefficient (Wildman–Crippen LogP) is 3.93. The highest BCUT2D eigenvalue weighted by molar-refractivity contribution is 9.10. The number of hydrogen-bond acceptors (Lipinski definition) is 4. The number of benzene rings is 2. The van der Waals surface area contributed by atoms with Gasteiger partial charge in [0.2, 0.25) is 6.79 Å². The van der Waals surface area contributed by atoms with Gasteiger partial charge in [0.05, 0.1) is 0 Å². The summed E-state index contributed by atoms with van der Waals surface area (Å²) in [5, 5.41) is 0. The first-order valence-electron chi connectivity index (χ1n) is 6.70. The van der Waals surface area contributed by atoms with Gasteiger partial charge in [-0.05, 0) is 29.8 Å². The molecule has 22 heavy (non-hydrogen) atoms. The molecule has 1 aliphatic rings. The summed E-state index contributed by atoms with van der Waals surface area (Å²) in [4.78, 5) is 11.8.